The normalized spacial score (nSPS) is 10.5. The summed E-state index contributed by atoms with van der Waals surface area (Å²) in [7, 11) is 1.62. The standard InChI is InChI=1S/C14H17N3O3/c1-3-20-14(18)12-10-16-17(13(12)6-8-19-2)11-5-4-7-15-9-11/h4-5,7,9-10H,3,6,8H2,1-2H3. The molecule has 0 spiro atoms. The molecule has 2 rings (SSSR count). The average molecular weight is 275 g/mol. The minimum Gasteiger partial charge on any atom is -0.462 e. The Morgan fingerprint density at radius 3 is 2.90 bits per heavy atom. The van der Waals surface area contributed by atoms with Gasteiger partial charge in [0.25, 0.3) is 0 Å². The van der Waals surface area contributed by atoms with Crippen LogP contribution in [0.2, 0.25) is 0 Å². The first-order valence-electron chi connectivity index (χ1n) is 6.41. The second kappa shape index (κ2) is 6.81. The van der Waals surface area contributed by atoms with Crippen LogP contribution < -0.4 is 0 Å². The van der Waals surface area contributed by atoms with E-state index < -0.39 is 0 Å². The number of hydrogen-bond acceptors (Lipinski definition) is 5. The fourth-order valence-corrected chi connectivity index (χ4v) is 1.89. The summed E-state index contributed by atoms with van der Waals surface area (Å²) in [6.45, 7) is 2.61. The molecule has 2 heterocycles. The van der Waals surface area contributed by atoms with E-state index in [0.29, 0.717) is 25.2 Å². The molecule has 0 saturated heterocycles. The summed E-state index contributed by atoms with van der Waals surface area (Å²) in [5.41, 5.74) is 2.03. The van der Waals surface area contributed by atoms with Gasteiger partial charge in [-0.2, -0.15) is 5.10 Å². The molecule has 0 saturated carbocycles. The minimum atomic E-state index is -0.367. The Bertz CT molecular complexity index is 566. The number of aromatic nitrogens is 3. The highest BCUT2D eigenvalue weighted by molar-refractivity contribution is 5.90. The number of carbonyl (C=O) groups excluding carboxylic acids is 1. The van der Waals surface area contributed by atoms with E-state index >= 15 is 0 Å². The number of ether oxygens (including phenoxy) is 2. The Hall–Kier alpha value is -2.21. The molecule has 2 aromatic heterocycles. The predicted octanol–water partition coefficient (Wildman–Crippen LogP) is 1.63. The fourth-order valence-electron chi connectivity index (χ4n) is 1.89. The third-order valence-corrected chi connectivity index (χ3v) is 2.80. The lowest BCUT2D eigenvalue weighted by Gasteiger charge is -2.08. The van der Waals surface area contributed by atoms with Crippen LogP contribution in [0, 0.1) is 0 Å². The first kappa shape index (κ1) is 14.2. The van der Waals surface area contributed by atoms with Gasteiger partial charge in [-0.25, -0.2) is 9.48 Å². The van der Waals surface area contributed by atoms with Gasteiger partial charge in [0.05, 0.1) is 37.0 Å². The second-order valence-electron chi connectivity index (χ2n) is 4.09. The third kappa shape index (κ3) is 3.03. The first-order chi connectivity index (χ1) is 9.77. The number of pyridine rings is 1. The fraction of sp³-hybridized carbons (Fsp3) is 0.357. The Labute approximate surface area is 117 Å². The van der Waals surface area contributed by atoms with E-state index in [1.165, 1.54) is 6.20 Å². The van der Waals surface area contributed by atoms with E-state index in [0.717, 1.165) is 11.4 Å². The number of esters is 1. The van der Waals surface area contributed by atoms with E-state index in [9.17, 15) is 4.79 Å². The Kier molecular flexibility index (Phi) is 4.84. The van der Waals surface area contributed by atoms with Crippen molar-refractivity contribution in [2.75, 3.05) is 20.3 Å². The third-order valence-electron chi connectivity index (χ3n) is 2.80. The molecule has 0 aliphatic rings. The molecule has 0 radical (unpaired) electrons. The largest absolute Gasteiger partial charge is 0.462 e. The van der Waals surface area contributed by atoms with E-state index in [1.807, 2.05) is 12.1 Å². The summed E-state index contributed by atoms with van der Waals surface area (Å²) in [4.78, 5) is 16.0. The topological polar surface area (TPSA) is 66.2 Å². The van der Waals surface area contributed by atoms with E-state index in [4.69, 9.17) is 9.47 Å². The zero-order chi connectivity index (χ0) is 14.4. The molecule has 0 aromatic carbocycles. The Morgan fingerprint density at radius 2 is 2.25 bits per heavy atom. The van der Waals surface area contributed by atoms with Crippen molar-refractivity contribution in [2.24, 2.45) is 0 Å². The van der Waals surface area contributed by atoms with Gasteiger partial charge < -0.3 is 9.47 Å². The number of rotatable bonds is 6. The lowest BCUT2D eigenvalue weighted by Crippen LogP contribution is -2.11. The van der Waals surface area contributed by atoms with Crippen LogP contribution >= 0.6 is 0 Å². The quantitative estimate of drug-likeness (QED) is 0.750. The molecule has 20 heavy (non-hydrogen) atoms. The second-order valence-corrected chi connectivity index (χ2v) is 4.09. The van der Waals surface area contributed by atoms with Crippen LogP contribution in [0.15, 0.2) is 30.7 Å². The summed E-state index contributed by atoms with van der Waals surface area (Å²) in [5.74, 6) is -0.367. The van der Waals surface area contributed by atoms with Crippen molar-refractivity contribution < 1.29 is 14.3 Å². The molecule has 0 atom stereocenters. The van der Waals surface area contributed by atoms with Gasteiger partial charge in [0.15, 0.2) is 0 Å². The van der Waals surface area contributed by atoms with Crippen molar-refractivity contribution in [1.29, 1.82) is 0 Å². The summed E-state index contributed by atoms with van der Waals surface area (Å²) < 4.78 is 11.8. The highest BCUT2D eigenvalue weighted by atomic mass is 16.5. The van der Waals surface area contributed by atoms with Gasteiger partial charge in [-0.15, -0.1) is 0 Å². The lowest BCUT2D eigenvalue weighted by atomic mass is 10.2. The molecule has 0 aliphatic carbocycles. The molecule has 0 bridgehead atoms. The molecule has 6 nitrogen and oxygen atoms in total. The molecule has 0 unspecified atom stereocenters. The summed E-state index contributed by atoms with van der Waals surface area (Å²) in [5, 5.41) is 4.26. The van der Waals surface area contributed by atoms with Crippen LogP contribution in [0.3, 0.4) is 0 Å². The summed E-state index contributed by atoms with van der Waals surface area (Å²) in [6.07, 6.45) is 5.47. The van der Waals surface area contributed by atoms with Crippen LogP contribution in [0.4, 0.5) is 0 Å². The first-order valence-corrected chi connectivity index (χ1v) is 6.41. The Morgan fingerprint density at radius 1 is 1.40 bits per heavy atom. The lowest BCUT2D eigenvalue weighted by molar-refractivity contribution is 0.0524. The maximum atomic E-state index is 11.9. The van der Waals surface area contributed by atoms with E-state index in [-0.39, 0.29) is 5.97 Å². The molecule has 106 valence electrons. The van der Waals surface area contributed by atoms with E-state index in [2.05, 4.69) is 10.1 Å². The van der Waals surface area contributed by atoms with Crippen molar-refractivity contribution in [2.45, 2.75) is 13.3 Å². The maximum Gasteiger partial charge on any atom is 0.341 e. The summed E-state index contributed by atoms with van der Waals surface area (Å²) >= 11 is 0. The molecule has 0 aliphatic heterocycles. The number of carbonyl (C=O) groups is 1. The predicted molar refractivity (Wildman–Crippen MR) is 72.9 cm³/mol. The number of hydrogen-bond donors (Lipinski definition) is 0. The van der Waals surface area contributed by atoms with Crippen molar-refractivity contribution in [3.8, 4) is 5.69 Å². The van der Waals surface area contributed by atoms with Crippen molar-refractivity contribution >= 4 is 5.97 Å². The van der Waals surface area contributed by atoms with Crippen LogP contribution in [0.25, 0.3) is 5.69 Å². The molecule has 0 fully saturated rings. The number of methoxy groups -OCH3 is 1. The zero-order valence-electron chi connectivity index (χ0n) is 11.6. The van der Waals surface area contributed by atoms with Gasteiger partial charge in [-0.3, -0.25) is 4.98 Å². The van der Waals surface area contributed by atoms with Gasteiger partial charge in [-0.05, 0) is 19.1 Å². The SMILES string of the molecule is CCOC(=O)c1cnn(-c2cccnc2)c1CCOC. The molecule has 0 amide bonds. The molecular weight excluding hydrogens is 258 g/mol. The molecular formula is C14H17N3O3. The van der Waals surface area contributed by atoms with Crippen LogP contribution in [0.5, 0.6) is 0 Å². The smallest absolute Gasteiger partial charge is 0.341 e. The van der Waals surface area contributed by atoms with Gasteiger partial charge in [0.2, 0.25) is 0 Å². The molecule has 2 aromatic rings. The van der Waals surface area contributed by atoms with E-state index in [1.54, 1.807) is 31.1 Å². The zero-order valence-corrected chi connectivity index (χ0v) is 11.6. The van der Waals surface area contributed by atoms with Gasteiger partial charge in [0.1, 0.15) is 5.56 Å². The molecule has 6 heteroatoms. The van der Waals surface area contributed by atoms with Crippen molar-refractivity contribution in [3.63, 3.8) is 0 Å². The highest BCUT2D eigenvalue weighted by Crippen LogP contribution is 2.16. The minimum absolute atomic E-state index is 0.334. The summed E-state index contributed by atoms with van der Waals surface area (Å²) in [6, 6.07) is 3.70. The highest BCUT2D eigenvalue weighted by Gasteiger charge is 2.19. The van der Waals surface area contributed by atoms with Crippen LogP contribution in [-0.2, 0) is 15.9 Å². The monoisotopic (exact) mass is 275 g/mol. The number of nitrogens with zero attached hydrogens (tertiary/aromatic N) is 3. The van der Waals surface area contributed by atoms with Crippen molar-refractivity contribution in [3.05, 3.63) is 42.0 Å². The molecule has 0 N–H and O–H groups in total. The van der Waals surface area contributed by atoms with Crippen molar-refractivity contribution in [1.82, 2.24) is 14.8 Å². The van der Waals surface area contributed by atoms with Crippen LogP contribution in [-0.4, -0.2) is 41.1 Å². The van der Waals surface area contributed by atoms with Gasteiger partial charge in [-0.1, -0.05) is 0 Å². The van der Waals surface area contributed by atoms with Gasteiger partial charge >= 0.3 is 5.97 Å². The maximum absolute atomic E-state index is 11.9. The van der Waals surface area contributed by atoms with Gasteiger partial charge in [0, 0.05) is 19.7 Å². The average Bonchev–Trinajstić information content (AvgIpc) is 2.90. The van der Waals surface area contributed by atoms with Crippen LogP contribution in [0.1, 0.15) is 23.0 Å². The Balaban J connectivity index is 2.39.